The van der Waals surface area contributed by atoms with E-state index >= 15 is 0 Å². The maximum absolute atomic E-state index is 10.4. The summed E-state index contributed by atoms with van der Waals surface area (Å²) in [6, 6.07) is 24.6. The molecule has 0 aromatic heterocycles. The van der Waals surface area contributed by atoms with Crippen molar-refractivity contribution in [3.8, 4) is 22.6 Å². The number of ether oxygens (including phenoxy) is 2. The van der Waals surface area contributed by atoms with Gasteiger partial charge in [-0.25, -0.2) is 0 Å². The summed E-state index contributed by atoms with van der Waals surface area (Å²) in [5.74, 6) is 1.65. The minimum Gasteiger partial charge on any atom is -0.496 e. The van der Waals surface area contributed by atoms with Crippen molar-refractivity contribution in [2.24, 2.45) is 0 Å². The molecule has 0 amide bonds. The first-order chi connectivity index (χ1) is 15.3. The van der Waals surface area contributed by atoms with Gasteiger partial charge in [-0.05, 0) is 47.4 Å². The standard InChI is InChI=1S/C28H35NO3/c1-28(2,3)23-14-16-25(17-15-23)32-20-24(30)19-29(4)18-21-10-12-22(13-11-21)26-8-6-7-9-27(26)31-5/h6-17,24,30H,18-20H2,1-5H3. The molecule has 1 N–H and O–H groups in total. The van der Waals surface area contributed by atoms with Gasteiger partial charge in [0.25, 0.3) is 0 Å². The van der Waals surface area contributed by atoms with E-state index in [0.717, 1.165) is 29.2 Å². The van der Waals surface area contributed by atoms with Crippen LogP contribution in [-0.4, -0.2) is 43.4 Å². The second kappa shape index (κ2) is 10.7. The Bertz CT molecular complexity index is 975. The number of aliphatic hydroxyl groups excluding tert-OH is 1. The Morgan fingerprint density at radius 3 is 2.19 bits per heavy atom. The Morgan fingerprint density at radius 1 is 0.906 bits per heavy atom. The summed E-state index contributed by atoms with van der Waals surface area (Å²) in [6.07, 6.45) is -0.560. The third-order valence-electron chi connectivity index (χ3n) is 5.51. The lowest BCUT2D eigenvalue weighted by molar-refractivity contribution is 0.0744. The zero-order valence-corrected chi connectivity index (χ0v) is 19.8. The summed E-state index contributed by atoms with van der Waals surface area (Å²) >= 11 is 0. The van der Waals surface area contributed by atoms with Gasteiger partial charge < -0.3 is 14.6 Å². The van der Waals surface area contributed by atoms with Crippen molar-refractivity contribution >= 4 is 0 Å². The van der Waals surface area contributed by atoms with Crippen molar-refractivity contribution in [3.63, 3.8) is 0 Å². The molecule has 4 heteroatoms. The Morgan fingerprint density at radius 2 is 1.56 bits per heavy atom. The Kier molecular flexibility index (Phi) is 7.94. The zero-order chi connectivity index (χ0) is 23.1. The van der Waals surface area contributed by atoms with E-state index in [1.807, 2.05) is 37.4 Å². The Balaban J connectivity index is 1.49. The van der Waals surface area contributed by atoms with E-state index in [0.29, 0.717) is 6.54 Å². The molecule has 4 nitrogen and oxygen atoms in total. The number of benzene rings is 3. The molecular weight excluding hydrogens is 398 g/mol. The lowest BCUT2D eigenvalue weighted by Crippen LogP contribution is -2.32. The highest BCUT2D eigenvalue weighted by atomic mass is 16.5. The first kappa shape index (κ1) is 23.8. The third-order valence-corrected chi connectivity index (χ3v) is 5.51. The number of para-hydroxylation sites is 1. The molecule has 3 rings (SSSR count). The average Bonchev–Trinajstić information content (AvgIpc) is 2.78. The van der Waals surface area contributed by atoms with E-state index < -0.39 is 6.10 Å². The fraction of sp³-hybridized carbons (Fsp3) is 0.357. The molecule has 0 saturated carbocycles. The fourth-order valence-electron chi connectivity index (χ4n) is 3.71. The lowest BCUT2D eigenvalue weighted by atomic mass is 9.87. The van der Waals surface area contributed by atoms with Crippen molar-refractivity contribution in [2.45, 2.75) is 38.8 Å². The first-order valence-electron chi connectivity index (χ1n) is 11.1. The van der Waals surface area contributed by atoms with Crippen LogP contribution in [-0.2, 0) is 12.0 Å². The molecule has 170 valence electrons. The van der Waals surface area contributed by atoms with Gasteiger partial charge in [-0.1, -0.05) is 75.4 Å². The van der Waals surface area contributed by atoms with Gasteiger partial charge in [0.05, 0.1) is 7.11 Å². The average molecular weight is 434 g/mol. The maximum Gasteiger partial charge on any atom is 0.126 e. The van der Waals surface area contributed by atoms with E-state index in [1.54, 1.807) is 7.11 Å². The van der Waals surface area contributed by atoms with Crippen LogP contribution in [0.5, 0.6) is 11.5 Å². The smallest absolute Gasteiger partial charge is 0.126 e. The molecule has 0 aliphatic heterocycles. The molecule has 0 aliphatic carbocycles. The Labute approximate surface area is 192 Å². The van der Waals surface area contributed by atoms with Crippen LogP contribution in [0.3, 0.4) is 0 Å². The predicted octanol–water partition coefficient (Wildman–Crippen LogP) is 5.53. The molecule has 0 heterocycles. The van der Waals surface area contributed by atoms with Crippen LogP contribution in [0.15, 0.2) is 72.8 Å². The summed E-state index contributed by atoms with van der Waals surface area (Å²) in [6.45, 7) is 8.13. The highest BCUT2D eigenvalue weighted by Gasteiger charge is 2.14. The number of likely N-dealkylation sites (N-methyl/N-ethyl adjacent to an activating group) is 1. The van der Waals surface area contributed by atoms with Crippen molar-refractivity contribution in [1.29, 1.82) is 0 Å². The van der Waals surface area contributed by atoms with Gasteiger partial charge in [-0.15, -0.1) is 0 Å². The topological polar surface area (TPSA) is 41.9 Å². The summed E-state index contributed by atoms with van der Waals surface area (Å²) in [4.78, 5) is 2.11. The highest BCUT2D eigenvalue weighted by Crippen LogP contribution is 2.29. The molecule has 0 bridgehead atoms. The lowest BCUT2D eigenvalue weighted by Gasteiger charge is -2.22. The summed E-state index contributed by atoms with van der Waals surface area (Å²) in [7, 11) is 3.70. The van der Waals surface area contributed by atoms with Gasteiger partial charge in [0.15, 0.2) is 0 Å². The maximum atomic E-state index is 10.4. The number of hydrogen-bond donors (Lipinski definition) is 1. The predicted molar refractivity (Wildman–Crippen MR) is 131 cm³/mol. The monoisotopic (exact) mass is 433 g/mol. The number of hydrogen-bond acceptors (Lipinski definition) is 4. The second-order valence-electron chi connectivity index (χ2n) is 9.33. The molecule has 3 aromatic rings. The Hall–Kier alpha value is -2.82. The number of nitrogens with zero attached hydrogens (tertiary/aromatic N) is 1. The second-order valence-corrected chi connectivity index (χ2v) is 9.33. The quantitative estimate of drug-likeness (QED) is 0.482. The molecule has 0 aliphatic rings. The van der Waals surface area contributed by atoms with Crippen LogP contribution in [0.4, 0.5) is 0 Å². The highest BCUT2D eigenvalue weighted by molar-refractivity contribution is 5.70. The van der Waals surface area contributed by atoms with Crippen LogP contribution >= 0.6 is 0 Å². The third kappa shape index (κ3) is 6.59. The molecule has 1 unspecified atom stereocenters. The van der Waals surface area contributed by atoms with Crippen LogP contribution in [0.1, 0.15) is 31.9 Å². The van der Waals surface area contributed by atoms with E-state index in [1.165, 1.54) is 11.1 Å². The number of rotatable bonds is 9. The minimum absolute atomic E-state index is 0.117. The van der Waals surface area contributed by atoms with Gasteiger partial charge >= 0.3 is 0 Å². The summed E-state index contributed by atoms with van der Waals surface area (Å²) < 4.78 is 11.3. The molecule has 0 fully saturated rings. The van der Waals surface area contributed by atoms with Gasteiger partial charge in [0.2, 0.25) is 0 Å². The summed E-state index contributed by atoms with van der Waals surface area (Å²) in [5, 5.41) is 10.4. The van der Waals surface area contributed by atoms with Gasteiger partial charge in [0, 0.05) is 18.7 Å². The van der Waals surface area contributed by atoms with Gasteiger partial charge in [-0.3, -0.25) is 4.90 Å². The van der Waals surface area contributed by atoms with Crippen LogP contribution in [0.25, 0.3) is 11.1 Å². The molecule has 3 aromatic carbocycles. The SMILES string of the molecule is COc1ccccc1-c1ccc(CN(C)CC(O)COc2ccc(C(C)(C)C)cc2)cc1. The summed E-state index contributed by atoms with van der Waals surface area (Å²) in [5.41, 5.74) is 4.78. The number of aliphatic hydroxyl groups is 1. The van der Waals surface area contributed by atoms with Crippen LogP contribution in [0.2, 0.25) is 0 Å². The zero-order valence-electron chi connectivity index (χ0n) is 19.8. The normalized spacial score (nSPS) is 12.6. The largest absolute Gasteiger partial charge is 0.496 e. The van der Waals surface area contributed by atoms with Gasteiger partial charge in [-0.2, -0.15) is 0 Å². The van der Waals surface area contributed by atoms with E-state index in [-0.39, 0.29) is 12.0 Å². The fourth-order valence-corrected chi connectivity index (χ4v) is 3.71. The molecule has 32 heavy (non-hydrogen) atoms. The molecule has 0 radical (unpaired) electrons. The first-order valence-corrected chi connectivity index (χ1v) is 11.1. The van der Waals surface area contributed by atoms with E-state index in [4.69, 9.17) is 9.47 Å². The molecular formula is C28H35NO3. The van der Waals surface area contributed by atoms with Crippen LogP contribution in [0, 0.1) is 0 Å². The molecule has 0 spiro atoms. The molecule has 1 atom stereocenters. The van der Waals surface area contributed by atoms with E-state index in [2.05, 4.69) is 68.1 Å². The van der Waals surface area contributed by atoms with Crippen molar-refractivity contribution < 1.29 is 14.6 Å². The van der Waals surface area contributed by atoms with Crippen LogP contribution < -0.4 is 9.47 Å². The van der Waals surface area contributed by atoms with Gasteiger partial charge in [0.1, 0.15) is 24.2 Å². The number of methoxy groups -OCH3 is 1. The molecule has 0 saturated heterocycles. The van der Waals surface area contributed by atoms with E-state index in [9.17, 15) is 5.11 Å². The van der Waals surface area contributed by atoms with Crippen molar-refractivity contribution in [2.75, 3.05) is 27.3 Å². The minimum atomic E-state index is -0.560. The van der Waals surface area contributed by atoms with Crippen molar-refractivity contribution in [3.05, 3.63) is 83.9 Å². The van der Waals surface area contributed by atoms with Crippen molar-refractivity contribution in [1.82, 2.24) is 4.90 Å².